The van der Waals surface area contributed by atoms with Crippen molar-refractivity contribution in [2.24, 2.45) is 0 Å². The third kappa shape index (κ3) is 3.93. The van der Waals surface area contributed by atoms with Crippen LogP contribution in [0.1, 0.15) is 25.7 Å². The van der Waals surface area contributed by atoms with E-state index < -0.39 is 8.07 Å². The Kier molecular flexibility index (Phi) is 4.83. The van der Waals surface area contributed by atoms with Crippen LogP contribution >= 0.6 is 11.3 Å². The summed E-state index contributed by atoms with van der Waals surface area (Å²) in [5.41, 5.74) is 0. The van der Waals surface area contributed by atoms with E-state index >= 15 is 0 Å². The van der Waals surface area contributed by atoms with Crippen LogP contribution in [0.2, 0.25) is 19.1 Å². The third-order valence-electron chi connectivity index (χ3n) is 3.91. The van der Waals surface area contributed by atoms with Crippen LogP contribution in [0.5, 0.6) is 0 Å². The van der Waals surface area contributed by atoms with Crippen LogP contribution in [0.4, 0.5) is 0 Å². The molecule has 0 saturated carbocycles. The van der Waals surface area contributed by atoms with Crippen LogP contribution in [0.25, 0.3) is 0 Å². The molecule has 3 heteroatoms. The largest absolute Gasteiger partial charge is 0.303 e. The zero-order valence-corrected chi connectivity index (χ0v) is 13.1. The van der Waals surface area contributed by atoms with Gasteiger partial charge in [0.1, 0.15) is 0 Å². The molecule has 1 aliphatic heterocycles. The average Bonchev–Trinajstić information content (AvgIpc) is 2.84. The minimum Gasteiger partial charge on any atom is -0.303 e. The molecule has 2 heterocycles. The summed E-state index contributed by atoms with van der Waals surface area (Å²) >= 11 is 1.96. The van der Waals surface area contributed by atoms with Crippen LogP contribution in [-0.2, 0) is 0 Å². The van der Waals surface area contributed by atoms with E-state index in [2.05, 4.69) is 35.5 Å². The fourth-order valence-electron chi connectivity index (χ4n) is 2.71. The molecule has 0 atom stereocenters. The first-order valence-corrected chi connectivity index (χ1v) is 11.0. The molecular formula is C14H25NSSi. The first kappa shape index (κ1) is 13.3. The molecule has 0 spiro atoms. The van der Waals surface area contributed by atoms with Gasteiger partial charge in [-0.3, -0.25) is 0 Å². The van der Waals surface area contributed by atoms with Crippen molar-refractivity contribution in [3.05, 3.63) is 17.5 Å². The third-order valence-corrected chi connectivity index (χ3v) is 9.71. The Bertz CT molecular complexity index is 315. The predicted molar refractivity (Wildman–Crippen MR) is 81.2 cm³/mol. The second-order valence-corrected chi connectivity index (χ2v) is 12.0. The quantitative estimate of drug-likeness (QED) is 0.738. The highest BCUT2D eigenvalue weighted by atomic mass is 32.1. The molecule has 0 N–H and O–H groups in total. The first-order valence-electron chi connectivity index (χ1n) is 6.95. The lowest BCUT2D eigenvalue weighted by Crippen LogP contribution is -2.40. The van der Waals surface area contributed by atoms with E-state index in [1.165, 1.54) is 51.4 Å². The van der Waals surface area contributed by atoms with Gasteiger partial charge in [-0.1, -0.05) is 37.7 Å². The number of likely N-dealkylation sites (tertiary alicyclic amines) is 1. The molecule has 1 nitrogen and oxygen atoms in total. The van der Waals surface area contributed by atoms with Gasteiger partial charge in [-0.25, -0.2) is 0 Å². The summed E-state index contributed by atoms with van der Waals surface area (Å²) in [6.07, 6.45) is 5.69. The van der Waals surface area contributed by atoms with Crippen molar-refractivity contribution < 1.29 is 0 Å². The van der Waals surface area contributed by atoms with E-state index in [9.17, 15) is 0 Å². The fourth-order valence-corrected chi connectivity index (χ4v) is 6.80. The monoisotopic (exact) mass is 267 g/mol. The zero-order valence-electron chi connectivity index (χ0n) is 11.2. The Labute approximate surface area is 111 Å². The Balaban J connectivity index is 1.74. The molecule has 1 aliphatic rings. The van der Waals surface area contributed by atoms with Crippen molar-refractivity contribution in [2.75, 3.05) is 19.6 Å². The molecule has 96 valence electrons. The fraction of sp³-hybridized carbons (Fsp3) is 0.714. The zero-order chi connectivity index (χ0) is 12.1. The minimum absolute atomic E-state index is 1.12. The van der Waals surface area contributed by atoms with E-state index in [-0.39, 0.29) is 0 Å². The van der Waals surface area contributed by atoms with Gasteiger partial charge in [0, 0.05) is 0 Å². The summed E-state index contributed by atoms with van der Waals surface area (Å²) < 4.78 is 1.68. The van der Waals surface area contributed by atoms with E-state index in [4.69, 9.17) is 0 Å². The summed E-state index contributed by atoms with van der Waals surface area (Å²) in [6, 6.07) is 6.00. The molecule has 0 amide bonds. The second-order valence-electron chi connectivity index (χ2n) is 5.87. The highest BCUT2D eigenvalue weighted by Crippen LogP contribution is 2.17. The van der Waals surface area contributed by atoms with E-state index in [0.29, 0.717) is 0 Å². The van der Waals surface area contributed by atoms with Gasteiger partial charge in [0.15, 0.2) is 0 Å². The Morgan fingerprint density at radius 1 is 1.24 bits per heavy atom. The topological polar surface area (TPSA) is 3.24 Å². The lowest BCUT2D eigenvalue weighted by atomic mass is 10.1. The van der Waals surface area contributed by atoms with E-state index in [0.717, 1.165) is 0 Å². The van der Waals surface area contributed by atoms with Gasteiger partial charge in [0.25, 0.3) is 0 Å². The van der Waals surface area contributed by atoms with Crippen LogP contribution in [0, 0.1) is 0 Å². The van der Waals surface area contributed by atoms with Crippen LogP contribution in [-0.4, -0.2) is 32.6 Å². The van der Waals surface area contributed by atoms with Crippen molar-refractivity contribution in [3.63, 3.8) is 0 Å². The maximum absolute atomic E-state index is 2.67. The molecule has 1 aromatic heterocycles. The van der Waals surface area contributed by atoms with Crippen molar-refractivity contribution in [3.8, 4) is 0 Å². The highest BCUT2D eigenvalue weighted by molar-refractivity contribution is 7.25. The molecule has 0 aliphatic carbocycles. The van der Waals surface area contributed by atoms with Gasteiger partial charge in [-0.15, -0.1) is 0 Å². The number of hydrogen-bond acceptors (Lipinski definition) is 2. The standard InChI is InChI=1S/C14H25NSSi/c1-17(2,14-8-6-12-16-14)13-7-11-15-9-4-3-5-10-15/h6,8,12H,3-5,7,9-11,13H2,1-2H3. The highest BCUT2D eigenvalue weighted by Gasteiger charge is 2.24. The summed E-state index contributed by atoms with van der Waals surface area (Å²) in [5, 5.41) is 2.23. The van der Waals surface area contributed by atoms with E-state index in [1.807, 2.05) is 11.3 Å². The molecule has 1 fully saturated rings. The normalized spacial score (nSPS) is 18.5. The maximum atomic E-state index is 2.67. The number of hydrogen-bond donors (Lipinski definition) is 0. The number of thiophene rings is 1. The predicted octanol–water partition coefficient (Wildman–Crippen LogP) is 3.54. The maximum Gasteiger partial charge on any atom is 0.0934 e. The van der Waals surface area contributed by atoms with Gasteiger partial charge in [0.05, 0.1) is 8.07 Å². The Morgan fingerprint density at radius 3 is 2.65 bits per heavy atom. The lowest BCUT2D eigenvalue weighted by molar-refractivity contribution is 0.229. The molecule has 1 aromatic rings. The SMILES string of the molecule is C[Si](C)(CCCN1CCCCC1)c1cccs1. The van der Waals surface area contributed by atoms with Crippen LogP contribution in [0.3, 0.4) is 0 Å². The van der Waals surface area contributed by atoms with Crippen molar-refractivity contribution in [1.29, 1.82) is 0 Å². The van der Waals surface area contributed by atoms with Crippen LogP contribution < -0.4 is 4.50 Å². The molecular weight excluding hydrogens is 242 g/mol. The molecule has 1 saturated heterocycles. The summed E-state index contributed by atoms with van der Waals surface area (Å²) in [5.74, 6) is 0. The van der Waals surface area contributed by atoms with Gasteiger partial charge >= 0.3 is 0 Å². The molecule has 2 rings (SSSR count). The minimum atomic E-state index is -1.12. The number of rotatable bonds is 5. The van der Waals surface area contributed by atoms with E-state index in [1.54, 1.807) is 4.50 Å². The number of nitrogens with zero attached hydrogens (tertiary/aromatic N) is 1. The molecule has 17 heavy (non-hydrogen) atoms. The van der Waals surface area contributed by atoms with Gasteiger partial charge in [0.2, 0.25) is 0 Å². The number of piperidine rings is 1. The van der Waals surface area contributed by atoms with Crippen LogP contribution in [0.15, 0.2) is 17.5 Å². The lowest BCUT2D eigenvalue weighted by Gasteiger charge is -2.28. The van der Waals surface area contributed by atoms with Crippen molar-refractivity contribution >= 4 is 23.9 Å². The molecule has 0 radical (unpaired) electrons. The second kappa shape index (κ2) is 6.16. The Morgan fingerprint density at radius 2 is 2.00 bits per heavy atom. The Hall–Kier alpha value is -0.123. The van der Waals surface area contributed by atoms with Crippen molar-refractivity contribution in [1.82, 2.24) is 4.90 Å². The summed E-state index contributed by atoms with van der Waals surface area (Å²) in [6.45, 7) is 9.08. The average molecular weight is 268 g/mol. The summed E-state index contributed by atoms with van der Waals surface area (Å²) in [4.78, 5) is 2.67. The van der Waals surface area contributed by atoms with Gasteiger partial charge < -0.3 is 4.90 Å². The van der Waals surface area contributed by atoms with Gasteiger partial charge in [-0.2, -0.15) is 11.3 Å². The summed E-state index contributed by atoms with van der Waals surface area (Å²) in [7, 11) is -1.12. The molecule has 0 unspecified atom stereocenters. The van der Waals surface area contributed by atoms with Gasteiger partial charge in [-0.05, 0) is 48.8 Å². The van der Waals surface area contributed by atoms with Crippen molar-refractivity contribution in [2.45, 2.75) is 44.8 Å². The molecule has 0 bridgehead atoms. The molecule has 0 aromatic carbocycles. The smallest absolute Gasteiger partial charge is 0.0934 e. The first-order chi connectivity index (χ1) is 8.18.